The van der Waals surface area contributed by atoms with Crippen LogP contribution >= 0.6 is 0 Å². The van der Waals surface area contributed by atoms with E-state index in [1.165, 1.54) is 0 Å². The van der Waals surface area contributed by atoms with Crippen LogP contribution in [0, 0.1) is 0 Å². The average molecular weight is 237 g/mol. The van der Waals surface area contributed by atoms with Crippen LogP contribution < -0.4 is 0 Å². The van der Waals surface area contributed by atoms with Crippen molar-refractivity contribution in [2.24, 2.45) is 0 Å². The second-order valence-corrected chi connectivity index (χ2v) is 4.16. The first-order valence-electron chi connectivity index (χ1n) is 6.26. The Labute approximate surface area is 104 Å². The van der Waals surface area contributed by atoms with E-state index >= 15 is 0 Å². The van der Waals surface area contributed by atoms with Gasteiger partial charge in [-0.05, 0) is 26.5 Å². The van der Waals surface area contributed by atoms with E-state index in [2.05, 4.69) is 18.9 Å². The van der Waals surface area contributed by atoms with Gasteiger partial charge in [0, 0.05) is 24.8 Å². The van der Waals surface area contributed by atoms with Gasteiger partial charge >= 0.3 is 0 Å². The van der Waals surface area contributed by atoms with Gasteiger partial charge in [-0.1, -0.05) is 25.1 Å². The number of phenols is 1. The Bertz CT molecular complexity index is 328. The molecule has 0 aliphatic heterocycles. The maximum atomic E-state index is 9.87. The van der Waals surface area contributed by atoms with Gasteiger partial charge in [-0.25, -0.2) is 0 Å². The third-order valence-corrected chi connectivity index (χ3v) is 3.01. The predicted molar refractivity (Wildman–Crippen MR) is 70.3 cm³/mol. The molecule has 0 amide bonds. The highest BCUT2D eigenvalue weighted by Gasteiger charge is 2.17. The van der Waals surface area contributed by atoms with Crippen molar-refractivity contribution in [2.45, 2.75) is 26.3 Å². The van der Waals surface area contributed by atoms with E-state index < -0.39 is 0 Å². The molecule has 0 aromatic heterocycles. The van der Waals surface area contributed by atoms with Crippen LogP contribution in [-0.4, -0.2) is 36.8 Å². The van der Waals surface area contributed by atoms with Gasteiger partial charge < -0.3 is 9.84 Å². The van der Waals surface area contributed by atoms with Gasteiger partial charge in [0.1, 0.15) is 5.75 Å². The minimum absolute atomic E-state index is 0.247. The Morgan fingerprint density at radius 3 is 2.59 bits per heavy atom. The lowest BCUT2D eigenvalue weighted by atomic mass is 10.0. The molecule has 0 bridgehead atoms. The summed E-state index contributed by atoms with van der Waals surface area (Å²) in [4.78, 5) is 2.23. The lowest BCUT2D eigenvalue weighted by Gasteiger charge is -2.27. The van der Waals surface area contributed by atoms with Gasteiger partial charge in [0.15, 0.2) is 0 Å². The molecule has 1 N–H and O–H groups in total. The fourth-order valence-electron chi connectivity index (χ4n) is 2.05. The van der Waals surface area contributed by atoms with Crippen molar-refractivity contribution in [3.63, 3.8) is 0 Å². The maximum Gasteiger partial charge on any atom is 0.120 e. The van der Waals surface area contributed by atoms with Gasteiger partial charge in [0.25, 0.3) is 0 Å². The van der Waals surface area contributed by atoms with Crippen LogP contribution in [0.2, 0.25) is 0 Å². The minimum Gasteiger partial charge on any atom is -0.508 e. The smallest absolute Gasteiger partial charge is 0.120 e. The molecule has 1 atom stereocenters. The van der Waals surface area contributed by atoms with Crippen LogP contribution in [0.1, 0.15) is 31.9 Å². The van der Waals surface area contributed by atoms with Crippen molar-refractivity contribution in [1.29, 1.82) is 0 Å². The van der Waals surface area contributed by atoms with Crippen LogP contribution in [0.5, 0.6) is 5.75 Å². The predicted octanol–water partition coefficient (Wildman–Crippen LogP) is 2.81. The van der Waals surface area contributed by atoms with Crippen LogP contribution in [0.15, 0.2) is 24.3 Å². The lowest BCUT2D eigenvalue weighted by Crippen LogP contribution is -2.28. The molecule has 0 fully saturated rings. The van der Waals surface area contributed by atoms with Crippen molar-refractivity contribution in [2.75, 3.05) is 26.8 Å². The number of benzene rings is 1. The molecule has 0 aliphatic carbocycles. The van der Waals surface area contributed by atoms with Crippen molar-refractivity contribution in [1.82, 2.24) is 4.90 Å². The molecule has 1 aromatic carbocycles. The molecule has 17 heavy (non-hydrogen) atoms. The monoisotopic (exact) mass is 237 g/mol. The summed E-state index contributed by atoms with van der Waals surface area (Å²) in [6.45, 7) is 6.49. The molecule has 0 saturated carbocycles. The summed E-state index contributed by atoms with van der Waals surface area (Å²) in [5, 5.41) is 9.87. The summed E-state index contributed by atoms with van der Waals surface area (Å²) >= 11 is 0. The molecule has 1 rings (SSSR count). The van der Waals surface area contributed by atoms with Crippen LogP contribution in [0.3, 0.4) is 0 Å². The molecule has 96 valence electrons. The Balaban J connectivity index is 2.67. The zero-order chi connectivity index (χ0) is 12.7. The third kappa shape index (κ3) is 4.02. The molecular formula is C14H23NO2. The number of likely N-dealkylation sites (N-methyl/N-ethyl adjacent to an activating group) is 1. The molecular weight excluding hydrogens is 214 g/mol. The molecule has 0 aliphatic rings. The van der Waals surface area contributed by atoms with Gasteiger partial charge in [0.2, 0.25) is 0 Å². The number of para-hydroxylation sites is 1. The zero-order valence-corrected chi connectivity index (χ0v) is 11.0. The quantitative estimate of drug-likeness (QED) is 0.740. The van der Waals surface area contributed by atoms with Gasteiger partial charge in [-0.2, -0.15) is 0 Å². The number of rotatable bonds is 7. The first kappa shape index (κ1) is 14.0. The highest BCUT2D eigenvalue weighted by molar-refractivity contribution is 5.34. The summed E-state index contributed by atoms with van der Waals surface area (Å²) < 4.78 is 5.36. The summed E-state index contributed by atoms with van der Waals surface area (Å²) in [6, 6.07) is 7.80. The van der Waals surface area contributed by atoms with Crippen molar-refractivity contribution in [3.05, 3.63) is 29.8 Å². The largest absolute Gasteiger partial charge is 0.508 e. The van der Waals surface area contributed by atoms with Gasteiger partial charge in [-0.3, -0.25) is 4.90 Å². The first-order chi connectivity index (χ1) is 8.20. The van der Waals surface area contributed by atoms with Crippen LogP contribution in [0.25, 0.3) is 0 Å². The second kappa shape index (κ2) is 7.30. The summed E-state index contributed by atoms with van der Waals surface area (Å²) in [5.74, 6) is 0.377. The van der Waals surface area contributed by atoms with Gasteiger partial charge in [0.05, 0.1) is 6.61 Å². The Kier molecular flexibility index (Phi) is 6.01. The number of nitrogens with zero attached hydrogens (tertiary/aromatic N) is 1. The number of ether oxygens (including phenoxy) is 1. The molecule has 1 aromatic rings. The van der Waals surface area contributed by atoms with E-state index in [1.54, 1.807) is 6.07 Å². The normalized spacial score (nSPS) is 12.9. The number of hydrogen-bond donors (Lipinski definition) is 1. The van der Waals surface area contributed by atoms with E-state index in [0.29, 0.717) is 5.75 Å². The summed E-state index contributed by atoms with van der Waals surface area (Å²) in [7, 11) is 2.07. The second-order valence-electron chi connectivity index (χ2n) is 4.16. The Morgan fingerprint density at radius 2 is 2.00 bits per heavy atom. The minimum atomic E-state index is 0.247. The van der Waals surface area contributed by atoms with Crippen molar-refractivity contribution in [3.8, 4) is 5.75 Å². The summed E-state index contributed by atoms with van der Waals surface area (Å²) in [6.07, 6.45) is 0.972. The maximum absolute atomic E-state index is 9.87. The topological polar surface area (TPSA) is 32.7 Å². The van der Waals surface area contributed by atoms with Crippen molar-refractivity contribution >= 4 is 0 Å². The zero-order valence-electron chi connectivity index (χ0n) is 11.0. The highest BCUT2D eigenvalue weighted by Crippen LogP contribution is 2.29. The highest BCUT2D eigenvalue weighted by atomic mass is 16.5. The number of hydrogen-bond acceptors (Lipinski definition) is 3. The van der Waals surface area contributed by atoms with E-state index in [0.717, 1.165) is 31.7 Å². The molecule has 0 saturated heterocycles. The molecule has 1 unspecified atom stereocenters. The van der Waals surface area contributed by atoms with E-state index in [-0.39, 0.29) is 6.04 Å². The fraction of sp³-hybridized carbons (Fsp3) is 0.571. The first-order valence-corrected chi connectivity index (χ1v) is 6.26. The van der Waals surface area contributed by atoms with E-state index in [4.69, 9.17) is 4.74 Å². The average Bonchev–Trinajstić information content (AvgIpc) is 2.33. The Hall–Kier alpha value is -1.06. The van der Waals surface area contributed by atoms with E-state index in [1.807, 2.05) is 25.1 Å². The van der Waals surface area contributed by atoms with E-state index in [9.17, 15) is 5.11 Å². The fourth-order valence-corrected chi connectivity index (χ4v) is 2.05. The molecule has 3 nitrogen and oxygen atoms in total. The number of phenolic OH excluding ortho intramolecular Hbond substituents is 1. The SMILES string of the molecule is CCOCCN(C)C(CC)c1ccccc1O. The molecule has 0 radical (unpaired) electrons. The van der Waals surface area contributed by atoms with Crippen LogP contribution in [0.4, 0.5) is 0 Å². The molecule has 0 heterocycles. The van der Waals surface area contributed by atoms with Gasteiger partial charge in [-0.15, -0.1) is 0 Å². The number of aromatic hydroxyl groups is 1. The molecule has 0 spiro atoms. The standard InChI is InChI=1S/C14H23NO2/c1-4-13(15(3)10-11-17-5-2)12-8-6-7-9-14(12)16/h6-9,13,16H,4-5,10-11H2,1-3H3. The van der Waals surface area contributed by atoms with Crippen molar-refractivity contribution < 1.29 is 9.84 Å². The van der Waals surface area contributed by atoms with Crippen LogP contribution in [-0.2, 0) is 4.74 Å². The lowest BCUT2D eigenvalue weighted by molar-refractivity contribution is 0.105. The Morgan fingerprint density at radius 1 is 1.29 bits per heavy atom. The molecule has 3 heteroatoms. The summed E-state index contributed by atoms with van der Waals surface area (Å²) in [5.41, 5.74) is 0.994. The third-order valence-electron chi connectivity index (χ3n) is 3.01.